The number of carbonyl (C=O) groups excluding carboxylic acids is 3. The summed E-state index contributed by atoms with van der Waals surface area (Å²) in [5, 5.41) is 8.17. The molecule has 2 heterocycles. The second-order valence-electron chi connectivity index (χ2n) is 5.74. The van der Waals surface area contributed by atoms with E-state index in [0.29, 0.717) is 17.8 Å². The Bertz CT molecular complexity index is 792. The van der Waals surface area contributed by atoms with Gasteiger partial charge in [0.25, 0.3) is 5.91 Å². The smallest absolute Gasteiger partial charge is 0.254 e. The van der Waals surface area contributed by atoms with E-state index in [9.17, 15) is 14.4 Å². The summed E-state index contributed by atoms with van der Waals surface area (Å²) in [5.74, 6) is -0.833. The van der Waals surface area contributed by atoms with Crippen molar-refractivity contribution in [3.05, 3.63) is 59.9 Å². The highest BCUT2D eigenvalue weighted by molar-refractivity contribution is 6.09. The molecular formula is C18H18N4O3. The highest BCUT2D eigenvalue weighted by Gasteiger charge is 2.27. The largest absolute Gasteiger partial charge is 0.352 e. The molecule has 7 heteroatoms. The van der Waals surface area contributed by atoms with E-state index in [4.69, 9.17) is 0 Å². The summed E-state index contributed by atoms with van der Waals surface area (Å²) in [4.78, 5) is 40.4. The molecule has 0 aliphatic carbocycles. The van der Waals surface area contributed by atoms with Gasteiger partial charge in [0.15, 0.2) is 0 Å². The summed E-state index contributed by atoms with van der Waals surface area (Å²) in [7, 11) is 0. The van der Waals surface area contributed by atoms with E-state index in [1.165, 1.54) is 0 Å². The minimum atomic E-state index is -0.746. The van der Waals surface area contributed by atoms with Gasteiger partial charge in [-0.2, -0.15) is 0 Å². The first kappa shape index (κ1) is 16.6. The zero-order valence-corrected chi connectivity index (χ0v) is 13.5. The lowest BCUT2D eigenvalue weighted by Crippen LogP contribution is -2.42. The summed E-state index contributed by atoms with van der Waals surface area (Å²) in [6, 6.07) is 9.72. The first-order valence-corrected chi connectivity index (χ1v) is 8.00. The number of anilines is 1. The zero-order chi connectivity index (χ0) is 17.6. The van der Waals surface area contributed by atoms with E-state index in [1.54, 1.807) is 42.7 Å². The van der Waals surface area contributed by atoms with Crippen molar-refractivity contribution in [2.24, 2.45) is 0 Å². The Morgan fingerprint density at radius 3 is 2.80 bits per heavy atom. The second-order valence-corrected chi connectivity index (χ2v) is 5.74. The molecule has 7 nitrogen and oxygen atoms in total. The fourth-order valence-electron chi connectivity index (χ4n) is 2.58. The molecule has 0 spiro atoms. The summed E-state index contributed by atoms with van der Waals surface area (Å²) >= 11 is 0. The fourth-order valence-corrected chi connectivity index (χ4v) is 2.58. The van der Waals surface area contributed by atoms with Crippen LogP contribution in [0.15, 0.2) is 48.8 Å². The first-order chi connectivity index (χ1) is 12.1. The summed E-state index contributed by atoms with van der Waals surface area (Å²) in [6.45, 7) is 0.376. The molecule has 1 aliphatic rings. The van der Waals surface area contributed by atoms with Crippen LogP contribution >= 0.6 is 0 Å². The lowest BCUT2D eigenvalue weighted by Gasteiger charge is -2.14. The summed E-state index contributed by atoms with van der Waals surface area (Å²) in [6.07, 6.45) is 3.70. The van der Waals surface area contributed by atoms with Gasteiger partial charge in [-0.05, 0) is 30.2 Å². The van der Waals surface area contributed by atoms with E-state index >= 15 is 0 Å². The Balaban J connectivity index is 1.54. The molecule has 2 aromatic rings. The Hall–Kier alpha value is -3.22. The van der Waals surface area contributed by atoms with E-state index in [2.05, 4.69) is 20.9 Å². The molecule has 0 fully saturated rings. The number of amides is 3. The average molecular weight is 338 g/mol. The molecule has 3 amide bonds. The number of carbonyl (C=O) groups is 3. The normalized spacial score (nSPS) is 16.2. The van der Waals surface area contributed by atoms with Gasteiger partial charge in [-0.1, -0.05) is 18.2 Å². The molecule has 25 heavy (non-hydrogen) atoms. The van der Waals surface area contributed by atoms with Crippen molar-refractivity contribution in [3.63, 3.8) is 0 Å². The molecule has 1 aliphatic heterocycles. The minimum Gasteiger partial charge on any atom is -0.352 e. The number of pyridine rings is 1. The number of para-hydroxylation sites is 1. The van der Waals surface area contributed by atoms with Gasteiger partial charge in [-0.25, -0.2) is 0 Å². The third-order valence-electron chi connectivity index (χ3n) is 3.92. The Labute approximate surface area is 144 Å². The third-order valence-corrected chi connectivity index (χ3v) is 3.92. The molecule has 1 atom stereocenters. The molecule has 128 valence electrons. The van der Waals surface area contributed by atoms with Crippen molar-refractivity contribution in [1.29, 1.82) is 0 Å². The SMILES string of the molecule is O=C(CC[C@H]1NC(=O)c2ccccc2NC1=O)NCc1cccnc1. The van der Waals surface area contributed by atoms with Crippen LogP contribution in [0.3, 0.4) is 0 Å². The van der Waals surface area contributed by atoms with Crippen molar-refractivity contribution in [1.82, 2.24) is 15.6 Å². The monoisotopic (exact) mass is 338 g/mol. The van der Waals surface area contributed by atoms with Crippen LogP contribution in [0.4, 0.5) is 5.69 Å². The van der Waals surface area contributed by atoms with Crippen LogP contribution < -0.4 is 16.0 Å². The van der Waals surface area contributed by atoms with Crippen LogP contribution in [0.25, 0.3) is 0 Å². The molecule has 0 radical (unpaired) electrons. The lowest BCUT2D eigenvalue weighted by molar-refractivity contribution is -0.122. The topological polar surface area (TPSA) is 100 Å². The van der Waals surface area contributed by atoms with Gasteiger partial charge in [0.2, 0.25) is 11.8 Å². The summed E-state index contributed by atoms with van der Waals surface area (Å²) < 4.78 is 0. The van der Waals surface area contributed by atoms with Crippen LogP contribution in [-0.2, 0) is 16.1 Å². The molecular weight excluding hydrogens is 320 g/mol. The highest BCUT2D eigenvalue weighted by atomic mass is 16.2. The molecule has 1 aromatic carbocycles. The molecule has 0 unspecified atom stereocenters. The van der Waals surface area contributed by atoms with Crippen LogP contribution in [0.5, 0.6) is 0 Å². The van der Waals surface area contributed by atoms with Crippen LogP contribution in [-0.4, -0.2) is 28.7 Å². The van der Waals surface area contributed by atoms with Gasteiger partial charge in [0.05, 0.1) is 11.3 Å². The van der Waals surface area contributed by atoms with Gasteiger partial charge in [-0.3, -0.25) is 19.4 Å². The summed E-state index contributed by atoms with van der Waals surface area (Å²) in [5.41, 5.74) is 1.79. The maximum Gasteiger partial charge on any atom is 0.254 e. The number of nitrogens with zero attached hydrogens (tertiary/aromatic N) is 1. The Morgan fingerprint density at radius 1 is 1.16 bits per heavy atom. The van der Waals surface area contributed by atoms with Crippen LogP contribution in [0.1, 0.15) is 28.8 Å². The predicted octanol–water partition coefficient (Wildman–Crippen LogP) is 1.23. The number of hydrogen-bond acceptors (Lipinski definition) is 4. The molecule has 0 saturated heterocycles. The molecule has 0 bridgehead atoms. The first-order valence-electron chi connectivity index (χ1n) is 8.00. The molecule has 3 rings (SSSR count). The Kier molecular flexibility index (Phi) is 5.03. The third kappa shape index (κ3) is 4.20. The molecule has 3 N–H and O–H groups in total. The number of fused-ring (bicyclic) bond motifs is 1. The maximum absolute atomic E-state index is 12.2. The molecule has 1 aromatic heterocycles. The number of benzene rings is 1. The minimum absolute atomic E-state index is 0.134. The van der Waals surface area contributed by atoms with Crippen LogP contribution in [0.2, 0.25) is 0 Å². The zero-order valence-electron chi connectivity index (χ0n) is 13.5. The van der Waals surface area contributed by atoms with Gasteiger partial charge in [0.1, 0.15) is 6.04 Å². The van der Waals surface area contributed by atoms with Crippen molar-refractivity contribution < 1.29 is 14.4 Å². The maximum atomic E-state index is 12.2. The van der Waals surface area contributed by atoms with E-state index in [-0.39, 0.29) is 30.6 Å². The van der Waals surface area contributed by atoms with E-state index in [0.717, 1.165) is 5.56 Å². The van der Waals surface area contributed by atoms with E-state index < -0.39 is 6.04 Å². The predicted molar refractivity (Wildman–Crippen MR) is 91.6 cm³/mol. The number of rotatable bonds is 5. The van der Waals surface area contributed by atoms with Gasteiger partial charge in [0, 0.05) is 25.4 Å². The quantitative estimate of drug-likeness (QED) is 0.763. The van der Waals surface area contributed by atoms with Crippen molar-refractivity contribution in [3.8, 4) is 0 Å². The number of nitrogens with one attached hydrogen (secondary N) is 3. The van der Waals surface area contributed by atoms with Gasteiger partial charge in [-0.15, -0.1) is 0 Å². The van der Waals surface area contributed by atoms with Gasteiger partial charge >= 0.3 is 0 Å². The van der Waals surface area contributed by atoms with E-state index in [1.807, 2.05) is 6.07 Å². The molecule has 0 saturated carbocycles. The van der Waals surface area contributed by atoms with Gasteiger partial charge < -0.3 is 16.0 Å². The number of hydrogen-bond donors (Lipinski definition) is 3. The Morgan fingerprint density at radius 2 is 2.00 bits per heavy atom. The lowest BCUT2D eigenvalue weighted by atomic mass is 10.1. The van der Waals surface area contributed by atoms with Crippen molar-refractivity contribution in [2.75, 3.05) is 5.32 Å². The van der Waals surface area contributed by atoms with Crippen LogP contribution in [0, 0.1) is 0 Å². The standard InChI is InChI=1S/C18H18N4O3/c23-16(20-11-12-4-3-9-19-10-12)8-7-15-18(25)21-14-6-2-1-5-13(14)17(24)22-15/h1-6,9-10,15H,7-8,11H2,(H,20,23)(H,21,25)(H,22,24)/t15-/m1/s1. The highest BCUT2D eigenvalue weighted by Crippen LogP contribution is 2.19. The fraction of sp³-hybridized carbons (Fsp3) is 0.222. The average Bonchev–Trinajstić information content (AvgIpc) is 2.75. The van der Waals surface area contributed by atoms with Crippen molar-refractivity contribution >= 4 is 23.4 Å². The second kappa shape index (κ2) is 7.57. The number of aromatic nitrogens is 1. The van der Waals surface area contributed by atoms with Crippen molar-refractivity contribution in [2.45, 2.75) is 25.4 Å².